The van der Waals surface area contributed by atoms with E-state index in [0.717, 1.165) is 18.4 Å². The fourth-order valence-electron chi connectivity index (χ4n) is 3.33. The fraction of sp³-hybridized carbons (Fsp3) is 0.421. The Balaban J connectivity index is 1.50. The van der Waals surface area contributed by atoms with Crippen molar-refractivity contribution in [2.24, 2.45) is 5.92 Å². The molecule has 0 spiro atoms. The molecule has 1 N–H and O–H groups in total. The molecule has 144 valence electrons. The lowest BCUT2D eigenvalue weighted by Crippen LogP contribution is -2.40. The Morgan fingerprint density at radius 2 is 1.81 bits per heavy atom. The lowest BCUT2D eigenvalue weighted by Gasteiger charge is -2.19. The smallest absolute Gasteiger partial charge is 0.241 e. The van der Waals surface area contributed by atoms with Crippen LogP contribution in [0.3, 0.4) is 0 Å². The van der Waals surface area contributed by atoms with Gasteiger partial charge in [0.25, 0.3) is 0 Å². The average Bonchev–Trinajstić information content (AvgIpc) is 2.95. The summed E-state index contributed by atoms with van der Waals surface area (Å²) in [6.45, 7) is 1.96. The van der Waals surface area contributed by atoms with Crippen molar-refractivity contribution in [3.63, 3.8) is 0 Å². The number of fused-ring (bicyclic) bond motifs is 1. The number of sulfonamides is 1. The largest absolute Gasteiger partial charge is 0.490 e. The second-order valence-corrected chi connectivity index (χ2v) is 8.46. The lowest BCUT2D eigenvalue weighted by atomic mass is 9.96. The van der Waals surface area contributed by atoms with E-state index in [1.54, 1.807) is 24.5 Å². The molecular formula is C19H22N2O5S. The third-order valence-corrected chi connectivity index (χ3v) is 6.27. The van der Waals surface area contributed by atoms with Crippen molar-refractivity contribution in [2.45, 2.75) is 23.8 Å². The SMILES string of the molecule is O=S(=O)(N[C@H]1COC[C@H]1Cc1ccncc1)c1ccc2c(c1)OCCCO2. The molecular weight excluding hydrogens is 368 g/mol. The zero-order chi connectivity index (χ0) is 18.7. The molecule has 4 rings (SSSR count). The second kappa shape index (κ2) is 7.84. The maximum absolute atomic E-state index is 12.9. The molecule has 27 heavy (non-hydrogen) atoms. The number of hydrogen-bond donors (Lipinski definition) is 1. The zero-order valence-electron chi connectivity index (χ0n) is 14.8. The summed E-state index contributed by atoms with van der Waals surface area (Å²) in [6.07, 6.45) is 4.98. The van der Waals surface area contributed by atoms with E-state index in [2.05, 4.69) is 9.71 Å². The van der Waals surface area contributed by atoms with Crippen LogP contribution in [0.5, 0.6) is 11.5 Å². The van der Waals surface area contributed by atoms with Gasteiger partial charge in [0.2, 0.25) is 10.0 Å². The lowest BCUT2D eigenvalue weighted by molar-refractivity contribution is 0.183. The first-order chi connectivity index (χ1) is 13.1. The Labute approximate surface area is 158 Å². The van der Waals surface area contributed by atoms with E-state index in [0.29, 0.717) is 37.9 Å². The molecule has 0 aliphatic carbocycles. The molecule has 3 heterocycles. The van der Waals surface area contributed by atoms with Gasteiger partial charge in [-0.25, -0.2) is 13.1 Å². The first-order valence-electron chi connectivity index (χ1n) is 9.00. The van der Waals surface area contributed by atoms with Gasteiger partial charge in [0.1, 0.15) is 0 Å². The molecule has 0 saturated carbocycles. The number of rotatable bonds is 5. The van der Waals surface area contributed by atoms with E-state index in [-0.39, 0.29) is 16.9 Å². The standard InChI is InChI=1S/C19H22N2O5S/c22-27(23,16-2-3-18-19(11-16)26-9-1-8-25-18)21-17-13-24-12-15(17)10-14-4-6-20-7-5-14/h2-7,11,15,17,21H,1,8-10,12-13H2/t15-,17+/m1/s1. The molecule has 0 amide bonds. The third-order valence-electron chi connectivity index (χ3n) is 4.78. The highest BCUT2D eigenvalue weighted by Gasteiger charge is 2.32. The van der Waals surface area contributed by atoms with E-state index in [9.17, 15) is 8.42 Å². The van der Waals surface area contributed by atoms with Crippen molar-refractivity contribution < 1.29 is 22.6 Å². The van der Waals surface area contributed by atoms with Crippen LogP contribution in [0, 0.1) is 5.92 Å². The summed E-state index contributed by atoms with van der Waals surface area (Å²) in [6, 6.07) is 8.32. The van der Waals surface area contributed by atoms with Crippen LogP contribution in [0.2, 0.25) is 0 Å². The number of ether oxygens (including phenoxy) is 3. The van der Waals surface area contributed by atoms with Crippen LogP contribution >= 0.6 is 0 Å². The van der Waals surface area contributed by atoms with Gasteiger partial charge in [-0.3, -0.25) is 4.98 Å². The van der Waals surface area contributed by atoms with E-state index in [1.165, 1.54) is 6.07 Å². The van der Waals surface area contributed by atoms with Crippen LogP contribution in [0.1, 0.15) is 12.0 Å². The summed E-state index contributed by atoms with van der Waals surface area (Å²) in [5, 5.41) is 0. The molecule has 2 aromatic rings. The normalized spacial score (nSPS) is 22.4. The summed E-state index contributed by atoms with van der Waals surface area (Å²) >= 11 is 0. The first kappa shape index (κ1) is 18.2. The molecule has 0 unspecified atom stereocenters. The highest BCUT2D eigenvalue weighted by molar-refractivity contribution is 7.89. The van der Waals surface area contributed by atoms with Gasteiger partial charge < -0.3 is 14.2 Å². The van der Waals surface area contributed by atoms with E-state index in [4.69, 9.17) is 14.2 Å². The fourth-order valence-corrected chi connectivity index (χ4v) is 4.63. The molecule has 2 aliphatic rings. The number of hydrogen-bond acceptors (Lipinski definition) is 6. The van der Waals surface area contributed by atoms with Crippen molar-refractivity contribution in [3.8, 4) is 11.5 Å². The van der Waals surface area contributed by atoms with Crippen molar-refractivity contribution in [2.75, 3.05) is 26.4 Å². The van der Waals surface area contributed by atoms with E-state index >= 15 is 0 Å². The quantitative estimate of drug-likeness (QED) is 0.838. The Bertz CT molecular complexity index is 888. The zero-order valence-corrected chi connectivity index (χ0v) is 15.7. The number of benzene rings is 1. The number of pyridine rings is 1. The molecule has 1 saturated heterocycles. The van der Waals surface area contributed by atoms with Gasteiger partial charge in [0, 0.05) is 30.8 Å². The predicted octanol–water partition coefficient (Wildman–Crippen LogP) is 1.78. The monoisotopic (exact) mass is 390 g/mol. The van der Waals surface area contributed by atoms with Gasteiger partial charge in [0.05, 0.1) is 37.4 Å². The van der Waals surface area contributed by atoms with Crippen LogP contribution in [0.15, 0.2) is 47.6 Å². The van der Waals surface area contributed by atoms with E-state index < -0.39 is 10.0 Å². The molecule has 2 aliphatic heterocycles. The summed E-state index contributed by atoms with van der Waals surface area (Å²) < 4.78 is 45.3. The molecule has 0 bridgehead atoms. The molecule has 1 aromatic heterocycles. The Morgan fingerprint density at radius 1 is 1.04 bits per heavy atom. The summed E-state index contributed by atoms with van der Waals surface area (Å²) in [5.74, 6) is 1.11. The third kappa shape index (κ3) is 4.23. The van der Waals surface area contributed by atoms with Gasteiger partial charge in [-0.2, -0.15) is 0 Å². The van der Waals surface area contributed by atoms with E-state index in [1.807, 2.05) is 12.1 Å². The van der Waals surface area contributed by atoms with Gasteiger partial charge >= 0.3 is 0 Å². The van der Waals surface area contributed by atoms with Crippen LogP contribution < -0.4 is 14.2 Å². The maximum Gasteiger partial charge on any atom is 0.241 e. The van der Waals surface area contributed by atoms with Crippen molar-refractivity contribution in [1.82, 2.24) is 9.71 Å². The number of nitrogens with one attached hydrogen (secondary N) is 1. The molecule has 0 radical (unpaired) electrons. The minimum Gasteiger partial charge on any atom is -0.490 e. The minimum absolute atomic E-state index is 0.0718. The van der Waals surface area contributed by atoms with Crippen LogP contribution in [0.4, 0.5) is 0 Å². The van der Waals surface area contributed by atoms with Crippen molar-refractivity contribution in [1.29, 1.82) is 0 Å². The van der Waals surface area contributed by atoms with Crippen LogP contribution in [-0.4, -0.2) is 45.9 Å². The van der Waals surface area contributed by atoms with Crippen LogP contribution in [0.25, 0.3) is 0 Å². The Kier molecular flexibility index (Phi) is 5.29. The number of aromatic nitrogens is 1. The molecule has 1 aromatic carbocycles. The maximum atomic E-state index is 12.9. The summed E-state index contributed by atoms with van der Waals surface area (Å²) in [7, 11) is -3.69. The second-order valence-electron chi connectivity index (χ2n) is 6.74. The highest BCUT2D eigenvalue weighted by Crippen LogP contribution is 2.32. The minimum atomic E-state index is -3.69. The molecule has 2 atom stereocenters. The summed E-state index contributed by atoms with van der Waals surface area (Å²) in [5.41, 5.74) is 1.11. The molecule has 8 heteroatoms. The van der Waals surface area contributed by atoms with Gasteiger partial charge in [0.15, 0.2) is 11.5 Å². The highest BCUT2D eigenvalue weighted by atomic mass is 32.2. The predicted molar refractivity (Wildman–Crippen MR) is 98.4 cm³/mol. The average molecular weight is 390 g/mol. The Hall–Kier alpha value is -2.16. The van der Waals surface area contributed by atoms with Crippen molar-refractivity contribution >= 4 is 10.0 Å². The Morgan fingerprint density at radius 3 is 2.63 bits per heavy atom. The molecule has 7 nitrogen and oxygen atoms in total. The van der Waals surface area contributed by atoms with Gasteiger partial charge in [-0.05, 0) is 36.2 Å². The van der Waals surface area contributed by atoms with Gasteiger partial charge in [-0.15, -0.1) is 0 Å². The van der Waals surface area contributed by atoms with Crippen molar-refractivity contribution in [3.05, 3.63) is 48.3 Å². The first-order valence-corrected chi connectivity index (χ1v) is 10.5. The topological polar surface area (TPSA) is 86.8 Å². The molecule has 1 fully saturated rings. The number of nitrogens with zero attached hydrogens (tertiary/aromatic N) is 1. The summed E-state index contributed by atoms with van der Waals surface area (Å²) in [4.78, 5) is 4.18. The van der Waals surface area contributed by atoms with Crippen LogP contribution in [-0.2, 0) is 21.2 Å². The van der Waals surface area contributed by atoms with Gasteiger partial charge in [-0.1, -0.05) is 0 Å².